The van der Waals surface area contributed by atoms with Crippen molar-refractivity contribution < 1.29 is 13.2 Å². The molecule has 2 heterocycles. The second kappa shape index (κ2) is 7.53. The predicted octanol–water partition coefficient (Wildman–Crippen LogP) is 3.49. The Labute approximate surface area is 174 Å². The highest BCUT2D eigenvalue weighted by atomic mass is 35.5. The lowest BCUT2D eigenvalue weighted by atomic mass is 10.0. The fraction of sp³-hybridized carbons (Fsp3) is 0.200. The minimum Gasteiger partial charge on any atom is -0.319 e. The molecule has 0 radical (unpaired) electrons. The first-order valence-corrected chi connectivity index (χ1v) is 11.3. The molecule has 1 aliphatic heterocycles. The van der Waals surface area contributed by atoms with E-state index in [1.54, 1.807) is 41.3 Å². The molecule has 0 spiro atoms. The Morgan fingerprint density at radius 3 is 2.72 bits per heavy atom. The lowest BCUT2D eigenvalue weighted by molar-refractivity contribution is 0.102. The van der Waals surface area contributed by atoms with Gasteiger partial charge >= 0.3 is 0 Å². The minimum absolute atomic E-state index is 0.289. The van der Waals surface area contributed by atoms with Crippen LogP contribution < -0.4 is 9.62 Å². The van der Waals surface area contributed by atoms with Crippen LogP contribution in [0.5, 0.6) is 0 Å². The van der Waals surface area contributed by atoms with E-state index in [0.29, 0.717) is 34.2 Å². The summed E-state index contributed by atoms with van der Waals surface area (Å²) in [5, 5.41) is 7.62. The number of para-hydroxylation sites is 1. The predicted molar refractivity (Wildman–Crippen MR) is 113 cm³/mol. The highest BCUT2D eigenvalue weighted by Crippen LogP contribution is 2.30. The summed E-state index contributed by atoms with van der Waals surface area (Å²) in [6, 6.07) is 12.4. The molecular formula is C20H19ClN4O3S. The summed E-state index contributed by atoms with van der Waals surface area (Å²) < 4.78 is 26.9. The largest absolute Gasteiger partial charge is 0.319 e. The van der Waals surface area contributed by atoms with Gasteiger partial charge in [-0.15, -0.1) is 0 Å². The Bertz CT molecular complexity index is 1190. The zero-order valence-corrected chi connectivity index (χ0v) is 17.2. The van der Waals surface area contributed by atoms with E-state index in [0.717, 1.165) is 18.4 Å². The summed E-state index contributed by atoms with van der Waals surface area (Å²) in [6.07, 6.45) is 5.87. The van der Waals surface area contributed by atoms with Crippen LogP contribution in [0.4, 0.5) is 11.4 Å². The number of nitrogens with one attached hydrogen (secondary N) is 1. The van der Waals surface area contributed by atoms with Crippen molar-refractivity contribution in [2.75, 3.05) is 22.4 Å². The lowest BCUT2D eigenvalue weighted by Crippen LogP contribution is -2.34. The third kappa shape index (κ3) is 3.99. The number of fused-ring (bicyclic) bond motifs is 1. The van der Waals surface area contributed by atoms with Crippen molar-refractivity contribution in [2.24, 2.45) is 0 Å². The van der Waals surface area contributed by atoms with E-state index < -0.39 is 10.0 Å². The zero-order valence-electron chi connectivity index (χ0n) is 15.7. The van der Waals surface area contributed by atoms with Gasteiger partial charge in [-0.2, -0.15) is 5.10 Å². The Hall–Kier alpha value is -2.84. The molecule has 150 valence electrons. The van der Waals surface area contributed by atoms with Gasteiger partial charge in [0.25, 0.3) is 5.91 Å². The van der Waals surface area contributed by atoms with E-state index in [9.17, 15) is 13.2 Å². The molecule has 9 heteroatoms. The van der Waals surface area contributed by atoms with Gasteiger partial charge in [-0.05, 0) is 48.7 Å². The van der Waals surface area contributed by atoms with Gasteiger partial charge in [-0.1, -0.05) is 23.7 Å². The smallest absolute Gasteiger partial charge is 0.255 e. The molecule has 1 aliphatic rings. The van der Waals surface area contributed by atoms with Crippen molar-refractivity contribution in [1.29, 1.82) is 0 Å². The summed E-state index contributed by atoms with van der Waals surface area (Å²) in [6.45, 7) is 0.457. The molecule has 4 rings (SSSR count). The molecule has 0 saturated heterocycles. The first kappa shape index (κ1) is 19.5. The van der Waals surface area contributed by atoms with E-state index in [4.69, 9.17) is 11.6 Å². The standard InChI is InChI=1S/C20H19ClN4O3S/c1-29(27,28)25-10-4-5-14-11-15(8-9-18(14)25)20(26)23-16-12-22-24(13-16)19-7-3-2-6-17(19)21/h2-3,6-9,11-13H,4-5,10H2,1H3,(H,23,26). The van der Waals surface area contributed by atoms with Crippen LogP contribution in [-0.4, -0.2) is 36.9 Å². The van der Waals surface area contributed by atoms with Crippen LogP contribution in [0.2, 0.25) is 5.02 Å². The van der Waals surface area contributed by atoms with E-state index in [-0.39, 0.29) is 5.91 Å². The molecule has 0 unspecified atom stereocenters. The quantitative estimate of drug-likeness (QED) is 0.686. The fourth-order valence-corrected chi connectivity index (χ4v) is 4.63. The number of aryl methyl sites for hydroxylation is 1. The van der Waals surface area contributed by atoms with Crippen LogP contribution in [0, 0.1) is 0 Å². The van der Waals surface area contributed by atoms with E-state index in [1.165, 1.54) is 10.6 Å². The van der Waals surface area contributed by atoms with E-state index >= 15 is 0 Å². The van der Waals surface area contributed by atoms with Crippen LogP contribution >= 0.6 is 11.6 Å². The molecule has 0 bridgehead atoms. The second-order valence-electron chi connectivity index (χ2n) is 6.86. The first-order valence-electron chi connectivity index (χ1n) is 9.04. The van der Waals surface area contributed by atoms with Crippen LogP contribution in [0.3, 0.4) is 0 Å². The number of carbonyl (C=O) groups excluding carboxylic acids is 1. The normalized spacial score (nSPS) is 13.8. The van der Waals surface area contributed by atoms with E-state index in [1.807, 2.05) is 18.2 Å². The average molecular weight is 431 g/mol. The van der Waals surface area contributed by atoms with Crippen molar-refractivity contribution in [2.45, 2.75) is 12.8 Å². The van der Waals surface area contributed by atoms with Crippen molar-refractivity contribution in [3.63, 3.8) is 0 Å². The molecule has 29 heavy (non-hydrogen) atoms. The molecule has 1 aromatic heterocycles. The maximum absolute atomic E-state index is 12.7. The Balaban J connectivity index is 1.55. The molecule has 0 saturated carbocycles. The number of rotatable bonds is 4. The van der Waals surface area contributed by atoms with E-state index in [2.05, 4.69) is 10.4 Å². The second-order valence-corrected chi connectivity index (χ2v) is 9.18. The molecule has 0 atom stereocenters. The summed E-state index contributed by atoms with van der Waals surface area (Å²) in [5.41, 5.74) is 3.20. The SMILES string of the molecule is CS(=O)(=O)N1CCCc2cc(C(=O)Nc3cnn(-c4ccccc4Cl)c3)ccc21. The molecule has 0 fully saturated rings. The Kier molecular flexibility index (Phi) is 5.06. The number of nitrogens with zero attached hydrogens (tertiary/aromatic N) is 3. The first-order chi connectivity index (χ1) is 13.8. The third-order valence-corrected chi connectivity index (χ3v) is 6.26. The Morgan fingerprint density at radius 2 is 1.97 bits per heavy atom. The van der Waals surface area contributed by atoms with Gasteiger partial charge in [-0.25, -0.2) is 13.1 Å². The average Bonchev–Trinajstić information content (AvgIpc) is 3.14. The molecule has 0 aliphatic carbocycles. The number of hydrogen-bond acceptors (Lipinski definition) is 4. The van der Waals surface area contributed by atoms with Crippen LogP contribution in [0.1, 0.15) is 22.3 Å². The van der Waals surface area contributed by atoms with Crippen LogP contribution in [0.25, 0.3) is 5.69 Å². The molecular weight excluding hydrogens is 412 g/mol. The van der Waals surface area contributed by atoms with Gasteiger partial charge in [0, 0.05) is 12.1 Å². The number of carbonyl (C=O) groups is 1. The maximum atomic E-state index is 12.7. The summed E-state index contributed by atoms with van der Waals surface area (Å²) in [4.78, 5) is 12.7. The minimum atomic E-state index is -3.34. The number of benzene rings is 2. The van der Waals surface area contributed by atoms with Crippen molar-refractivity contribution in [3.8, 4) is 5.69 Å². The fourth-order valence-electron chi connectivity index (χ4n) is 3.41. The highest BCUT2D eigenvalue weighted by Gasteiger charge is 2.24. The number of amides is 1. The van der Waals surface area contributed by atoms with Crippen molar-refractivity contribution in [3.05, 3.63) is 71.0 Å². The third-order valence-electron chi connectivity index (χ3n) is 4.76. The monoisotopic (exact) mass is 430 g/mol. The van der Waals surface area contributed by atoms with Gasteiger partial charge in [0.2, 0.25) is 10.0 Å². The molecule has 2 aromatic carbocycles. The molecule has 1 N–H and O–H groups in total. The topological polar surface area (TPSA) is 84.3 Å². The summed E-state index contributed by atoms with van der Waals surface area (Å²) >= 11 is 6.19. The number of anilines is 2. The van der Waals surface area contributed by atoms with Gasteiger partial charge in [0.05, 0.1) is 40.7 Å². The van der Waals surface area contributed by atoms with Gasteiger partial charge in [0.1, 0.15) is 0 Å². The number of halogens is 1. The lowest BCUT2D eigenvalue weighted by Gasteiger charge is -2.29. The molecule has 7 nitrogen and oxygen atoms in total. The molecule has 1 amide bonds. The number of aromatic nitrogens is 2. The van der Waals surface area contributed by atoms with Crippen LogP contribution in [-0.2, 0) is 16.4 Å². The maximum Gasteiger partial charge on any atom is 0.255 e. The van der Waals surface area contributed by atoms with Crippen LogP contribution in [0.15, 0.2) is 54.9 Å². The van der Waals surface area contributed by atoms with Gasteiger partial charge in [-0.3, -0.25) is 9.10 Å². The Morgan fingerprint density at radius 1 is 1.17 bits per heavy atom. The highest BCUT2D eigenvalue weighted by molar-refractivity contribution is 7.92. The number of sulfonamides is 1. The summed E-state index contributed by atoms with van der Waals surface area (Å²) in [5.74, 6) is -0.289. The molecule has 3 aromatic rings. The van der Waals surface area contributed by atoms with Gasteiger partial charge in [0.15, 0.2) is 0 Å². The summed E-state index contributed by atoms with van der Waals surface area (Å²) in [7, 11) is -3.34. The van der Waals surface area contributed by atoms with Gasteiger partial charge < -0.3 is 5.32 Å². The zero-order chi connectivity index (χ0) is 20.6. The van der Waals surface area contributed by atoms with Crippen molar-refractivity contribution in [1.82, 2.24) is 9.78 Å². The number of hydrogen-bond donors (Lipinski definition) is 1. The van der Waals surface area contributed by atoms with Crippen molar-refractivity contribution >= 4 is 38.9 Å².